The number of ether oxygens (including phenoxy) is 1. The van der Waals surface area contributed by atoms with E-state index in [4.69, 9.17) is 4.74 Å². The average Bonchev–Trinajstić information content (AvgIpc) is 3.09. The molecule has 138 valence electrons. The lowest BCUT2D eigenvalue weighted by Crippen LogP contribution is -2.61. The Labute approximate surface area is 151 Å². The van der Waals surface area contributed by atoms with Crippen molar-refractivity contribution in [3.63, 3.8) is 0 Å². The molecule has 2 saturated heterocycles. The van der Waals surface area contributed by atoms with Gasteiger partial charge in [-0.15, -0.1) is 0 Å². The molecule has 2 aromatic rings. The first-order valence-electron chi connectivity index (χ1n) is 9.15. The topological polar surface area (TPSA) is 61.5 Å². The van der Waals surface area contributed by atoms with E-state index >= 15 is 0 Å². The SMILES string of the molecule is O=C(c1cc(COc2cccc(F)c2)[nH]n1)N1CC(N2CCCCC2)C1. The molecule has 1 aromatic heterocycles. The summed E-state index contributed by atoms with van der Waals surface area (Å²) in [6.45, 7) is 4.06. The largest absolute Gasteiger partial charge is 0.487 e. The number of aromatic nitrogens is 2. The Kier molecular flexibility index (Phi) is 4.88. The number of hydrogen-bond donors (Lipinski definition) is 1. The number of rotatable bonds is 5. The van der Waals surface area contributed by atoms with Gasteiger partial charge in [-0.05, 0) is 44.1 Å². The van der Waals surface area contributed by atoms with Gasteiger partial charge in [-0.25, -0.2) is 4.39 Å². The Hall–Kier alpha value is -2.41. The fourth-order valence-corrected chi connectivity index (χ4v) is 3.56. The number of amides is 1. The van der Waals surface area contributed by atoms with E-state index < -0.39 is 0 Å². The van der Waals surface area contributed by atoms with Crippen molar-refractivity contribution in [1.82, 2.24) is 20.0 Å². The number of carbonyl (C=O) groups excluding carboxylic acids is 1. The van der Waals surface area contributed by atoms with Gasteiger partial charge in [-0.1, -0.05) is 12.5 Å². The number of H-pyrrole nitrogens is 1. The molecule has 1 aromatic carbocycles. The monoisotopic (exact) mass is 358 g/mol. The number of halogens is 1. The molecule has 0 unspecified atom stereocenters. The molecule has 2 aliphatic rings. The normalized spacial score (nSPS) is 18.6. The molecule has 2 aliphatic heterocycles. The van der Waals surface area contributed by atoms with Crippen molar-refractivity contribution in [2.75, 3.05) is 26.2 Å². The number of carbonyl (C=O) groups is 1. The van der Waals surface area contributed by atoms with Crippen LogP contribution in [0.4, 0.5) is 4.39 Å². The van der Waals surface area contributed by atoms with E-state index in [9.17, 15) is 9.18 Å². The van der Waals surface area contributed by atoms with Gasteiger partial charge in [0, 0.05) is 25.2 Å². The fraction of sp³-hybridized carbons (Fsp3) is 0.474. The summed E-state index contributed by atoms with van der Waals surface area (Å²) in [6, 6.07) is 8.17. The maximum absolute atomic E-state index is 13.1. The van der Waals surface area contributed by atoms with Crippen molar-refractivity contribution in [3.8, 4) is 5.75 Å². The van der Waals surface area contributed by atoms with Crippen molar-refractivity contribution in [2.24, 2.45) is 0 Å². The van der Waals surface area contributed by atoms with Crippen LogP contribution in [0.3, 0.4) is 0 Å². The van der Waals surface area contributed by atoms with Crippen LogP contribution in [0.1, 0.15) is 35.4 Å². The second kappa shape index (κ2) is 7.45. The zero-order valence-electron chi connectivity index (χ0n) is 14.7. The van der Waals surface area contributed by atoms with Crippen molar-refractivity contribution in [1.29, 1.82) is 0 Å². The first-order valence-corrected chi connectivity index (χ1v) is 9.15. The van der Waals surface area contributed by atoms with Gasteiger partial charge >= 0.3 is 0 Å². The zero-order valence-corrected chi connectivity index (χ0v) is 14.7. The maximum atomic E-state index is 13.1. The predicted molar refractivity (Wildman–Crippen MR) is 94.4 cm³/mol. The van der Waals surface area contributed by atoms with E-state index in [0.717, 1.165) is 26.2 Å². The Morgan fingerprint density at radius 1 is 1.23 bits per heavy atom. The Morgan fingerprint density at radius 3 is 2.81 bits per heavy atom. The molecule has 2 fully saturated rings. The first-order chi connectivity index (χ1) is 12.7. The minimum Gasteiger partial charge on any atom is -0.487 e. The van der Waals surface area contributed by atoms with Crippen LogP contribution in [0.25, 0.3) is 0 Å². The molecule has 1 N–H and O–H groups in total. The molecule has 0 atom stereocenters. The summed E-state index contributed by atoms with van der Waals surface area (Å²) in [5.74, 6) is 0.0510. The lowest BCUT2D eigenvalue weighted by Gasteiger charge is -2.46. The molecular weight excluding hydrogens is 335 g/mol. The molecule has 3 heterocycles. The summed E-state index contributed by atoms with van der Waals surface area (Å²) < 4.78 is 18.7. The number of aromatic amines is 1. The minimum absolute atomic E-state index is 0.0495. The van der Waals surface area contributed by atoms with E-state index in [1.807, 2.05) is 4.90 Å². The number of nitrogens with one attached hydrogen (secondary N) is 1. The van der Waals surface area contributed by atoms with Crippen LogP contribution in [0.15, 0.2) is 30.3 Å². The second-order valence-electron chi connectivity index (χ2n) is 6.99. The summed E-state index contributed by atoms with van der Waals surface area (Å²) >= 11 is 0. The van der Waals surface area contributed by atoms with Gasteiger partial charge in [-0.3, -0.25) is 14.8 Å². The number of nitrogens with zero attached hydrogens (tertiary/aromatic N) is 3. The predicted octanol–water partition coefficient (Wildman–Crippen LogP) is 2.44. The smallest absolute Gasteiger partial charge is 0.274 e. The van der Waals surface area contributed by atoms with E-state index in [2.05, 4.69) is 15.1 Å². The number of hydrogen-bond acceptors (Lipinski definition) is 4. The number of benzene rings is 1. The molecule has 0 spiro atoms. The van der Waals surface area contributed by atoms with Crippen molar-refractivity contribution in [3.05, 3.63) is 47.5 Å². The molecule has 6 nitrogen and oxygen atoms in total. The van der Waals surface area contributed by atoms with E-state index in [-0.39, 0.29) is 18.3 Å². The number of likely N-dealkylation sites (tertiary alicyclic amines) is 2. The lowest BCUT2D eigenvalue weighted by atomic mass is 10.0. The summed E-state index contributed by atoms with van der Waals surface area (Å²) in [4.78, 5) is 16.9. The lowest BCUT2D eigenvalue weighted by molar-refractivity contribution is 0.0199. The highest BCUT2D eigenvalue weighted by Crippen LogP contribution is 2.21. The summed E-state index contributed by atoms with van der Waals surface area (Å²) in [5, 5.41) is 6.93. The Balaban J connectivity index is 1.28. The number of piperidine rings is 1. The van der Waals surface area contributed by atoms with Crippen molar-refractivity contribution in [2.45, 2.75) is 31.9 Å². The third-order valence-electron chi connectivity index (χ3n) is 5.10. The first kappa shape index (κ1) is 17.0. The molecule has 0 aliphatic carbocycles. The molecule has 0 radical (unpaired) electrons. The van der Waals surface area contributed by atoms with Gasteiger partial charge in [0.25, 0.3) is 5.91 Å². The molecule has 26 heavy (non-hydrogen) atoms. The van der Waals surface area contributed by atoms with E-state index in [1.54, 1.807) is 18.2 Å². The third kappa shape index (κ3) is 3.72. The standard InChI is InChI=1S/C19H23FN4O2/c20-14-5-4-6-17(9-14)26-13-15-10-18(22-21-15)19(25)24-11-16(12-24)23-7-2-1-3-8-23/h4-6,9-10,16H,1-3,7-8,11-13H2,(H,21,22). The summed E-state index contributed by atoms with van der Waals surface area (Å²) in [7, 11) is 0. The molecule has 7 heteroatoms. The quantitative estimate of drug-likeness (QED) is 0.892. The van der Waals surface area contributed by atoms with Crippen molar-refractivity contribution < 1.29 is 13.9 Å². The highest BCUT2D eigenvalue weighted by atomic mass is 19.1. The van der Waals surface area contributed by atoms with E-state index in [0.29, 0.717) is 23.2 Å². The van der Waals surface area contributed by atoms with Gasteiger partial charge in [0.1, 0.15) is 18.2 Å². The summed E-state index contributed by atoms with van der Waals surface area (Å²) in [6.07, 6.45) is 3.84. The Bertz CT molecular complexity index is 766. The van der Waals surface area contributed by atoms with Crippen LogP contribution < -0.4 is 4.74 Å². The maximum Gasteiger partial charge on any atom is 0.274 e. The van der Waals surface area contributed by atoms with Crippen LogP contribution in [0.2, 0.25) is 0 Å². The van der Waals surface area contributed by atoms with Gasteiger partial charge in [0.15, 0.2) is 5.69 Å². The molecule has 4 rings (SSSR count). The minimum atomic E-state index is -0.343. The van der Waals surface area contributed by atoms with Gasteiger partial charge in [0.05, 0.1) is 5.69 Å². The molecular formula is C19H23FN4O2. The zero-order chi connectivity index (χ0) is 17.9. The molecule has 0 bridgehead atoms. The van der Waals surface area contributed by atoms with Gasteiger partial charge < -0.3 is 9.64 Å². The van der Waals surface area contributed by atoms with Crippen LogP contribution in [-0.4, -0.2) is 58.1 Å². The van der Waals surface area contributed by atoms with Gasteiger partial charge in [0.2, 0.25) is 0 Å². The van der Waals surface area contributed by atoms with E-state index in [1.165, 1.54) is 31.4 Å². The second-order valence-corrected chi connectivity index (χ2v) is 6.99. The average molecular weight is 358 g/mol. The van der Waals surface area contributed by atoms with Crippen LogP contribution >= 0.6 is 0 Å². The third-order valence-corrected chi connectivity index (χ3v) is 5.10. The Morgan fingerprint density at radius 2 is 2.04 bits per heavy atom. The van der Waals surface area contributed by atoms with Crippen LogP contribution in [-0.2, 0) is 6.61 Å². The van der Waals surface area contributed by atoms with Crippen LogP contribution in [0.5, 0.6) is 5.75 Å². The van der Waals surface area contributed by atoms with Gasteiger partial charge in [-0.2, -0.15) is 5.10 Å². The fourth-order valence-electron chi connectivity index (χ4n) is 3.56. The highest BCUT2D eigenvalue weighted by molar-refractivity contribution is 5.93. The van der Waals surface area contributed by atoms with Crippen LogP contribution in [0, 0.1) is 5.82 Å². The highest BCUT2D eigenvalue weighted by Gasteiger charge is 2.36. The van der Waals surface area contributed by atoms with Crippen molar-refractivity contribution >= 4 is 5.91 Å². The molecule has 0 saturated carbocycles. The summed E-state index contributed by atoms with van der Waals surface area (Å²) in [5.41, 5.74) is 1.09. The molecule has 1 amide bonds.